The van der Waals surface area contributed by atoms with Crippen molar-refractivity contribution in [3.05, 3.63) is 68.0 Å². The van der Waals surface area contributed by atoms with Gasteiger partial charge in [-0.2, -0.15) is 5.26 Å². The SMILES string of the molecule is C#CCOc1c(Cl)cc(/C=C2/SC(=O)N(Cc3ccccc3C#N)C2=O)cc1Cl. The fraction of sp³-hybridized carbons (Fsp3) is 0.0952. The van der Waals surface area contributed by atoms with Crippen molar-refractivity contribution in [1.29, 1.82) is 5.26 Å². The van der Waals surface area contributed by atoms with Crippen LogP contribution in [-0.4, -0.2) is 22.7 Å². The van der Waals surface area contributed by atoms with E-state index in [4.69, 9.17) is 34.4 Å². The molecule has 0 aliphatic carbocycles. The van der Waals surface area contributed by atoms with E-state index in [-0.39, 0.29) is 33.9 Å². The van der Waals surface area contributed by atoms with Gasteiger partial charge in [0.1, 0.15) is 6.61 Å². The van der Waals surface area contributed by atoms with Crippen LogP contribution < -0.4 is 4.74 Å². The zero-order valence-electron chi connectivity index (χ0n) is 14.8. The predicted molar refractivity (Wildman–Crippen MR) is 113 cm³/mol. The summed E-state index contributed by atoms with van der Waals surface area (Å²) in [6.45, 7) is 0.0357. The zero-order chi connectivity index (χ0) is 21.0. The molecule has 0 atom stereocenters. The van der Waals surface area contributed by atoms with Gasteiger partial charge in [0.05, 0.1) is 33.1 Å². The summed E-state index contributed by atoms with van der Waals surface area (Å²) in [4.78, 5) is 26.4. The van der Waals surface area contributed by atoms with Gasteiger partial charge < -0.3 is 4.74 Å². The number of carbonyl (C=O) groups is 2. The summed E-state index contributed by atoms with van der Waals surface area (Å²) >= 11 is 13.2. The van der Waals surface area contributed by atoms with Crippen molar-refractivity contribution in [3.8, 4) is 24.2 Å². The van der Waals surface area contributed by atoms with Crippen molar-refractivity contribution in [2.75, 3.05) is 6.61 Å². The van der Waals surface area contributed by atoms with Gasteiger partial charge in [-0.1, -0.05) is 47.3 Å². The molecule has 0 saturated carbocycles. The number of terminal acetylenes is 1. The van der Waals surface area contributed by atoms with Gasteiger partial charge in [-0.25, -0.2) is 0 Å². The monoisotopic (exact) mass is 442 g/mol. The van der Waals surface area contributed by atoms with Crippen LogP contribution in [0.15, 0.2) is 41.3 Å². The highest BCUT2D eigenvalue weighted by Gasteiger charge is 2.35. The molecule has 2 amide bonds. The number of ether oxygens (including phenoxy) is 1. The number of rotatable bonds is 5. The molecule has 2 aromatic carbocycles. The van der Waals surface area contributed by atoms with Crippen LogP contribution in [0.1, 0.15) is 16.7 Å². The molecule has 3 rings (SSSR count). The topological polar surface area (TPSA) is 70.4 Å². The first kappa shape index (κ1) is 20.8. The average molecular weight is 443 g/mol. The maximum Gasteiger partial charge on any atom is 0.293 e. The van der Waals surface area contributed by atoms with Crippen LogP contribution in [0.3, 0.4) is 0 Å². The molecule has 1 aliphatic heterocycles. The number of benzene rings is 2. The van der Waals surface area contributed by atoms with Crippen molar-refractivity contribution in [1.82, 2.24) is 4.90 Å². The van der Waals surface area contributed by atoms with Crippen LogP contribution in [0.2, 0.25) is 10.0 Å². The molecule has 0 N–H and O–H groups in total. The minimum atomic E-state index is -0.451. The van der Waals surface area contributed by atoms with Crippen LogP contribution in [0.4, 0.5) is 4.79 Å². The highest BCUT2D eigenvalue weighted by molar-refractivity contribution is 8.18. The third-order valence-corrected chi connectivity index (χ3v) is 5.43. The largest absolute Gasteiger partial charge is 0.478 e. The molecule has 5 nitrogen and oxygen atoms in total. The van der Waals surface area contributed by atoms with Gasteiger partial charge >= 0.3 is 0 Å². The quantitative estimate of drug-likeness (QED) is 0.474. The van der Waals surface area contributed by atoms with E-state index in [1.54, 1.807) is 36.4 Å². The number of carbonyl (C=O) groups excluding carboxylic acids is 2. The van der Waals surface area contributed by atoms with Crippen LogP contribution in [0, 0.1) is 23.7 Å². The van der Waals surface area contributed by atoms with Crippen molar-refractivity contribution in [3.63, 3.8) is 0 Å². The molecule has 1 heterocycles. The van der Waals surface area contributed by atoms with E-state index in [0.29, 0.717) is 16.7 Å². The lowest BCUT2D eigenvalue weighted by Crippen LogP contribution is -2.27. The van der Waals surface area contributed by atoms with Crippen molar-refractivity contribution >= 4 is 52.2 Å². The summed E-state index contributed by atoms with van der Waals surface area (Å²) in [5.41, 5.74) is 1.55. The van der Waals surface area contributed by atoms with Crippen molar-refractivity contribution in [2.24, 2.45) is 0 Å². The number of amides is 2. The minimum Gasteiger partial charge on any atom is -0.478 e. The number of imide groups is 1. The second kappa shape index (κ2) is 9.07. The molecule has 2 aromatic rings. The Labute approximate surface area is 181 Å². The Bertz CT molecular complexity index is 1090. The van der Waals surface area contributed by atoms with E-state index in [1.165, 1.54) is 6.08 Å². The van der Waals surface area contributed by atoms with Gasteiger partial charge in [0.2, 0.25) is 0 Å². The third-order valence-electron chi connectivity index (χ3n) is 3.96. The molecule has 1 aliphatic rings. The molecule has 0 bridgehead atoms. The zero-order valence-corrected chi connectivity index (χ0v) is 17.1. The smallest absolute Gasteiger partial charge is 0.293 e. The number of thioether (sulfide) groups is 1. The van der Waals surface area contributed by atoms with Crippen LogP contribution in [0.5, 0.6) is 5.75 Å². The Balaban J connectivity index is 1.85. The molecule has 0 aromatic heterocycles. The fourth-order valence-electron chi connectivity index (χ4n) is 2.64. The summed E-state index contributed by atoms with van der Waals surface area (Å²) in [5, 5.41) is 9.26. The summed E-state index contributed by atoms with van der Waals surface area (Å²) in [6, 6.07) is 12.0. The van der Waals surface area contributed by atoms with Crippen LogP contribution in [-0.2, 0) is 11.3 Å². The van der Waals surface area contributed by atoms with Gasteiger partial charge in [-0.05, 0) is 47.2 Å². The van der Waals surface area contributed by atoms with E-state index in [9.17, 15) is 14.9 Å². The van der Waals surface area contributed by atoms with Crippen LogP contribution in [0.25, 0.3) is 6.08 Å². The van der Waals surface area contributed by atoms with E-state index in [2.05, 4.69) is 12.0 Å². The van der Waals surface area contributed by atoms with Crippen molar-refractivity contribution in [2.45, 2.75) is 6.54 Å². The Morgan fingerprint density at radius 1 is 1.21 bits per heavy atom. The second-order valence-electron chi connectivity index (χ2n) is 5.84. The van der Waals surface area contributed by atoms with E-state index in [1.807, 2.05) is 0 Å². The molecule has 1 fully saturated rings. The fourth-order valence-corrected chi connectivity index (χ4v) is 4.09. The van der Waals surface area contributed by atoms with Gasteiger partial charge in [0.25, 0.3) is 11.1 Å². The lowest BCUT2D eigenvalue weighted by atomic mass is 10.1. The van der Waals surface area contributed by atoms with E-state index >= 15 is 0 Å². The number of hydrogen-bond donors (Lipinski definition) is 0. The van der Waals surface area contributed by atoms with Crippen molar-refractivity contribution < 1.29 is 14.3 Å². The maximum atomic E-state index is 12.7. The van der Waals surface area contributed by atoms with E-state index < -0.39 is 11.1 Å². The Morgan fingerprint density at radius 2 is 1.90 bits per heavy atom. The summed E-state index contributed by atoms with van der Waals surface area (Å²) in [7, 11) is 0. The lowest BCUT2D eigenvalue weighted by Gasteiger charge is -2.13. The van der Waals surface area contributed by atoms with Gasteiger partial charge in [-0.15, -0.1) is 6.42 Å². The predicted octanol–water partition coefficient (Wildman–Crippen LogP) is 5.11. The van der Waals surface area contributed by atoms with Gasteiger partial charge in [0.15, 0.2) is 5.75 Å². The molecular weight excluding hydrogens is 431 g/mol. The molecule has 144 valence electrons. The van der Waals surface area contributed by atoms with Crippen LogP contribution >= 0.6 is 35.0 Å². The molecular formula is C21H12Cl2N2O3S. The molecule has 29 heavy (non-hydrogen) atoms. The highest BCUT2D eigenvalue weighted by Crippen LogP contribution is 2.37. The average Bonchev–Trinajstić information content (AvgIpc) is 2.95. The standard InChI is InChI=1S/C21H12Cl2N2O3S/c1-2-7-28-19-16(22)8-13(9-17(19)23)10-18-20(26)25(21(27)29-18)12-15-6-4-3-5-14(15)11-24/h1,3-6,8-10H,7,12H2/b18-10+. The van der Waals surface area contributed by atoms with E-state index in [0.717, 1.165) is 16.7 Å². The molecule has 0 radical (unpaired) electrons. The first-order valence-electron chi connectivity index (χ1n) is 8.23. The summed E-state index contributed by atoms with van der Waals surface area (Å²) < 4.78 is 5.30. The van der Waals surface area contributed by atoms with Gasteiger partial charge in [0, 0.05) is 0 Å². The maximum absolute atomic E-state index is 12.7. The number of nitrogens with zero attached hydrogens (tertiary/aromatic N) is 2. The summed E-state index contributed by atoms with van der Waals surface area (Å²) in [6.07, 6.45) is 6.70. The second-order valence-corrected chi connectivity index (χ2v) is 7.65. The Hall–Kier alpha value is -2.90. The Kier molecular flexibility index (Phi) is 6.51. The number of nitriles is 1. The molecule has 1 saturated heterocycles. The third kappa shape index (κ3) is 4.58. The lowest BCUT2D eigenvalue weighted by molar-refractivity contribution is -0.123. The molecule has 0 unspecified atom stereocenters. The summed E-state index contributed by atoms with van der Waals surface area (Å²) in [5.74, 6) is 2.13. The highest BCUT2D eigenvalue weighted by atomic mass is 35.5. The Morgan fingerprint density at radius 3 is 2.55 bits per heavy atom. The molecule has 0 spiro atoms. The molecule has 8 heteroatoms. The normalized spacial score (nSPS) is 14.8. The minimum absolute atomic E-state index is 0.0157. The number of halogens is 2. The van der Waals surface area contributed by atoms with Gasteiger partial charge in [-0.3, -0.25) is 14.5 Å². The number of hydrogen-bond acceptors (Lipinski definition) is 5. The first-order chi connectivity index (χ1) is 13.9. The first-order valence-corrected chi connectivity index (χ1v) is 9.80.